The van der Waals surface area contributed by atoms with Crippen LogP contribution in [0.5, 0.6) is 0 Å². The summed E-state index contributed by atoms with van der Waals surface area (Å²) in [4.78, 5) is 14.9. The van der Waals surface area contributed by atoms with Crippen LogP contribution in [-0.4, -0.2) is 34.0 Å². The van der Waals surface area contributed by atoms with E-state index in [-0.39, 0.29) is 16.8 Å². The molecule has 1 aliphatic rings. The highest BCUT2D eigenvalue weighted by molar-refractivity contribution is 7.89. The number of hydrogen-bond donors (Lipinski definition) is 2. The molecule has 0 radical (unpaired) electrons. The molecule has 6 nitrogen and oxygen atoms in total. The fourth-order valence-corrected chi connectivity index (χ4v) is 4.03. The Morgan fingerprint density at radius 3 is 2.59 bits per heavy atom. The van der Waals surface area contributed by atoms with Crippen molar-refractivity contribution in [3.05, 3.63) is 53.6 Å². The molecule has 7 heteroatoms. The normalized spacial score (nSPS) is 14.0. The summed E-state index contributed by atoms with van der Waals surface area (Å²) in [5, 5.41) is 2.87. The molecule has 3 rings (SSSR count). The van der Waals surface area contributed by atoms with E-state index in [1.807, 2.05) is 31.3 Å². The number of amides is 1. The number of hydrogen-bond acceptors (Lipinski definition) is 4. The summed E-state index contributed by atoms with van der Waals surface area (Å²) in [6.07, 6.45) is 1.72. The standard InChI is InChI=1S/C20H25N3O3S/c1-4-23(3)17-7-5-6-16(12-17)21-20(24)19-13-18(11-8-14(19)2)27(25,26)22-15-9-10-15/h5-8,11-13,15,22H,4,9-10H2,1-3H3,(H,21,24). The number of carbonyl (C=O) groups excluding carboxylic acids is 1. The van der Waals surface area contributed by atoms with Crippen molar-refractivity contribution < 1.29 is 13.2 Å². The Bertz CT molecular complexity index is 953. The van der Waals surface area contributed by atoms with Crippen molar-refractivity contribution >= 4 is 27.3 Å². The minimum absolute atomic E-state index is 0.0203. The van der Waals surface area contributed by atoms with Crippen LogP contribution in [0.15, 0.2) is 47.4 Å². The average molecular weight is 388 g/mol. The molecule has 0 saturated heterocycles. The Hall–Kier alpha value is -2.38. The van der Waals surface area contributed by atoms with Crippen LogP contribution >= 0.6 is 0 Å². The largest absolute Gasteiger partial charge is 0.375 e. The van der Waals surface area contributed by atoms with Crippen LogP contribution in [0.4, 0.5) is 11.4 Å². The van der Waals surface area contributed by atoms with Crippen LogP contribution in [-0.2, 0) is 10.0 Å². The highest BCUT2D eigenvalue weighted by Gasteiger charge is 2.28. The smallest absolute Gasteiger partial charge is 0.255 e. The molecule has 2 N–H and O–H groups in total. The number of carbonyl (C=O) groups is 1. The van der Waals surface area contributed by atoms with Gasteiger partial charge in [-0.2, -0.15) is 0 Å². The first-order chi connectivity index (χ1) is 12.8. The summed E-state index contributed by atoms with van der Waals surface area (Å²) in [5.74, 6) is -0.327. The van der Waals surface area contributed by atoms with Gasteiger partial charge in [0.1, 0.15) is 0 Å². The third-order valence-electron chi connectivity index (χ3n) is 4.68. The molecule has 1 aliphatic carbocycles. The zero-order valence-corrected chi connectivity index (χ0v) is 16.6. The summed E-state index contributed by atoms with van der Waals surface area (Å²) in [7, 11) is -1.62. The van der Waals surface area contributed by atoms with Gasteiger partial charge in [0.2, 0.25) is 10.0 Å². The lowest BCUT2D eigenvalue weighted by atomic mass is 10.1. The van der Waals surface area contributed by atoms with Gasteiger partial charge in [0.15, 0.2) is 0 Å². The van der Waals surface area contributed by atoms with Gasteiger partial charge in [0, 0.05) is 36.6 Å². The minimum atomic E-state index is -3.60. The van der Waals surface area contributed by atoms with Crippen molar-refractivity contribution in [1.82, 2.24) is 4.72 Å². The van der Waals surface area contributed by atoms with E-state index in [0.29, 0.717) is 11.3 Å². The molecule has 0 spiro atoms. The summed E-state index contributed by atoms with van der Waals surface area (Å²) in [6.45, 7) is 4.70. The first-order valence-corrected chi connectivity index (χ1v) is 10.5. The maximum atomic E-state index is 12.8. The monoisotopic (exact) mass is 387 g/mol. The summed E-state index contributed by atoms with van der Waals surface area (Å²) in [6, 6.07) is 12.2. The van der Waals surface area contributed by atoms with E-state index in [0.717, 1.165) is 30.6 Å². The van der Waals surface area contributed by atoms with Gasteiger partial charge >= 0.3 is 0 Å². The van der Waals surface area contributed by atoms with Gasteiger partial charge in [0.05, 0.1) is 4.90 Å². The molecule has 0 heterocycles. The predicted octanol–water partition coefficient (Wildman–Crippen LogP) is 3.14. The number of nitrogens with zero attached hydrogens (tertiary/aromatic N) is 1. The number of aryl methyl sites for hydroxylation is 1. The average Bonchev–Trinajstić information content (AvgIpc) is 3.44. The number of rotatable bonds is 7. The van der Waals surface area contributed by atoms with Gasteiger partial charge < -0.3 is 10.2 Å². The van der Waals surface area contributed by atoms with Crippen LogP contribution in [0.2, 0.25) is 0 Å². The van der Waals surface area contributed by atoms with Crippen molar-refractivity contribution in [3.63, 3.8) is 0 Å². The third-order valence-corrected chi connectivity index (χ3v) is 6.20. The lowest BCUT2D eigenvalue weighted by Crippen LogP contribution is -2.26. The second-order valence-corrected chi connectivity index (χ2v) is 8.60. The quantitative estimate of drug-likeness (QED) is 0.765. The first-order valence-electron chi connectivity index (χ1n) is 9.05. The van der Waals surface area contributed by atoms with Gasteiger partial charge in [0.25, 0.3) is 5.91 Å². The summed E-state index contributed by atoms with van der Waals surface area (Å²) in [5.41, 5.74) is 2.74. The van der Waals surface area contributed by atoms with Crippen LogP contribution in [0.3, 0.4) is 0 Å². The lowest BCUT2D eigenvalue weighted by Gasteiger charge is -2.18. The summed E-state index contributed by atoms with van der Waals surface area (Å²) >= 11 is 0. The molecule has 1 fully saturated rings. The molecular formula is C20H25N3O3S. The van der Waals surface area contributed by atoms with Crippen molar-refractivity contribution in [2.75, 3.05) is 23.8 Å². The Morgan fingerprint density at radius 1 is 1.19 bits per heavy atom. The molecule has 2 aromatic carbocycles. The zero-order chi connectivity index (χ0) is 19.6. The van der Waals surface area contributed by atoms with Crippen molar-refractivity contribution in [2.45, 2.75) is 37.6 Å². The van der Waals surface area contributed by atoms with E-state index < -0.39 is 10.0 Å². The van der Waals surface area contributed by atoms with E-state index in [1.54, 1.807) is 13.0 Å². The van der Waals surface area contributed by atoms with Gasteiger partial charge in [-0.15, -0.1) is 0 Å². The lowest BCUT2D eigenvalue weighted by molar-refractivity contribution is 0.102. The number of benzene rings is 2. The van der Waals surface area contributed by atoms with Crippen LogP contribution < -0.4 is 14.9 Å². The van der Waals surface area contributed by atoms with Gasteiger partial charge in [-0.25, -0.2) is 13.1 Å². The molecule has 1 amide bonds. The molecule has 0 atom stereocenters. The van der Waals surface area contributed by atoms with Crippen LogP contribution in [0, 0.1) is 6.92 Å². The molecule has 0 bridgehead atoms. The zero-order valence-electron chi connectivity index (χ0n) is 15.8. The highest BCUT2D eigenvalue weighted by Crippen LogP contribution is 2.24. The maximum Gasteiger partial charge on any atom is 0.255 e. The molecule has 1 saturated carbocycles. The molecule has 144 valence electrons. The third kappa shape index (κ3) is 4.67. The van der Waals surface area contributed by atoms with Gasteiger partial charge in [-0.1, -0.05) is 12.1 Å². The Morgan fingerprint density at radius 2 is 1.93 bits per heavy atom. The van der Waals surface area contributed by atoms with Crippen LogP contribution in [0.25, 0.3) is 0 Å². The van der Waals surface area contributed by atoms with Crippen molar-refractivity contribution in [3.8, 4) is 0 Å². The van der Waals surface area contributed by atoms with Gasteiger partial charge in [-0.3, -0.25) is 4.79 Å². The number of anilines is 2. The second-order valence-electron chi connectivity index (χ2n) is 6.89. The summed E-state index contributed by atoms with van der Waals surface area (Å²) < 4.78 is 27.5. The van der Waals surface area contributed by atoms with E-state index in [4.69, 9.17) is 0 Å². The molecule has 27 heavy (non-hydrogen) atoms. The number of sulfonamides is 1. The highest BCUT2D eigenvalue weighted by atomic mass is 32.2. The maximum absolute atomic E-state index is 12.8. The van der Waals surface area contributed by atoms with E-state index in [9.17, 15) is 13.2 Å². The van der Waals surface area contributed by atoms with E-state index in [2.05, 4.69) is 21.9 Å². The van der Waals surface area contributed by atoms with E-state index in [1.165, 1.54) is 12.1 Å². The molecular weight excluding hydrogens is 362 g/mol. The van der Waals surface area contributed by atoms with Crippen molar-refractivity contribution in [1.29, 1.82) is 0 Å². The Kier molecular flexibility index (Phi) is 5.53. The van der Waals surface area contributed by atoms with Crippen LogP contribution in [0.1, 0.15) is 35.7 Å². The van der Waals surface area contributed by atoms with Crippen molar-refractivity contribution in [2.24, 2.45) is 0 Å². The minimum Gasteiger partial charge on any atom is -0.375 e. The Labute approximate surface area is 160 Å². The fraction of sp³-hybridized carbons (Fsp3) is 0.350. The molecule has 0 aromatic heterocycles. The van der Waals surface area contributed by atoms with E-state index >= 15 is 0 Å². The predicted molar refractivity (Wildman–Crippen MR) is 108 cm³/mol. The first kappa shape index (κ1) is 19.4. The second kappa shape index (κ2) is 7.70. The fourth-order valence-electron chi connectivity index (χ4n) is 2.70. The number of nitrogens with one attached hydrogen (secondary N) is 2. The molecule has 0 unspecified atom stereocenters. The molecule has 0 aliphatic heterocycles. The SMILES string of the molecule is CCN(C)c1cccc(NC(=O)c2cc(S(=O)(=O)NC3CC3)ccc2C)c1. The molecule has 2 aromatic rings. The Balaban J connectivity index is 1.83. The van der Waals surface area contributed by atoms with Gasteiger partial charge in [-0.05, 0) is 62.6 Å². The topological polar surface area (TPSA) is 78.5 Å².